The van der Waals surface area contributed by atoms with E-state index >= 15 is 0 Å². The standard InChI is InChI=1S/C16H20N2O/c1-11-8-15(16(19-3)9-12(11)2)18-10-13-4-6-14(17)7-5-13/h4-9,18H,10,17H2,1-3H3. The number of nitrogens with two attached hydrogens (primary N) is 1. The Morgan fingerprint density at radius 3 is 2.32 bits per heavy atom. The molecule has 0 aromatic heterocycles. The summed E-state index contributed by atoms with van der Waals surface area (Å²) in [6.45, 7) is 4.93. The lowest BCUT2D eigenvalue weighted by Crippen LogP contribution is -2.02. The Balaban J connectivity index is 2.14. The average Bonchev–Trinajstić information content (AvgIpc) is 2.41. The summed E-state index contributed by atoms with van der Waals surface area (Å²) in [4.78, 5) is 0. The van der Waals surface area contributed by atoms with E-state index in [0.29, 0.717) is 0 Å². The molecule has 100 valence electrons. The zero-order chi connectivity index (χ0) is 13.8. The van der Waals surface area contributed by atoms with Crippen LogP contribution in [0.15, 0.2) is 36.4 Å². The summed E-state index contributed by atoms with van der Waals surface area (Å²) in [6.07, 6.45) is 0. The number of nitrogen functional groups attached to an aromatic ring is 1. The Hall–Kier alpha value is -2.16. The molecule has 0 unspecified atom stereocenters. The van der Waals surface area contributed by atoms with Crippen LogP contribution in [0.5, 0.6) is 5.75 Å². The molecule has 0 aliphatic carbocycles. The van der Waals surface area contributed by atoms with Crippen LogP contribution in [0.3, 0.4) is 0 Å². The predicted octanol–water partition coefficient (Wildman–Crippen LogP) is 3.51. The lowest BCUT2D eigenvalue weighted by atomic mass is 10.1. The molecule has 2 aromatic rings. The van der Waals surface area contributed by atoms with E-state index < -0.39 is 0 Å². The molecular formula is C16H20N2O. The summed E-state index contributed by atoms with van der Waals surface area (Å²) in [5.41, 5.74) is 11.1. The van der Waals surface area contributed by atoms with Crippen LogP contribution in [0, 0.1) is 13.8 Å². The summed E-state index contributed by atoms with van der Waals surface area (Å²) >= 11 is 0. The van der Waals surface area contributed by atoms with E-state index in [1.165, 1.54) is 16.7 Å². The van der Waals surface area contributed by atoms with Gasteiger partial charge in [0.25, 0.3) is 0 Å². The van der Waals surface area contributed by atoms with Gasteiger partial charge in [-0.25, -0.2) is 0 Å². The Labute approximate surface area is 114 Å². The average molecular weight is 256 g/mol. The van der Waals surface area contributed by atoms with Crippen molar-refractivity contribution >= 4 is 11.4 Å². The van der Waals surface area contributed by atoms with Crippen LogP contribution in [0.25, 0.3) is 0 Å². The van der Waals surface area contributed by atoms with Gasteiger partial charge in [0, 0.05) is 12.2 Å². The second-order valence-electron chi connectivity index (χ2n) is 4.73. The molecule has 0 amide bonds. The van der Waals surface area contributed by atoms with E-state index in [4.69, 9.17) is 10.5 Å². The first-order chi connectivity index (χ1) is 9.10. The molecule has 0 fully saturated rings. The summed E-state index contributed by atoms with van der Waals surface area (Å²) in [6, 6.07) is 12.0. The number of hydrogen-bond donors (Lipinski definition) is 2. The maximum atomic E-state index is 5.68. The fraction of sp³-hybridized carbons (Fsp3) is 0.250. The molecule has 0 saturated carbocycles. The van der Waals surface area contributed by atoms with Gasteiger partial charge in [-0.1, -0.05) is 12.1 Å². The smallest absolute Gasteiger partial charge is 0.142 e. The second-order valence-corrected chi connectivity index (χ2v) is 4.73. The van der Waals surface area contributed by atoms with E-state index in [9.17, 15) is 0 Å². The van der Waals surface area contributed by atoms with Crippen molar-refractivity contribution in [2.24, 2.45) is 0 Å². The maximum Gasteiger partial charge on any atom is 0.142 e. The number of benzene rings is 2. The van der Waals surface area contributed by atoms with Crippen molar-refractivity contribution in [1.82, 2.24) is 0 Å². The number of nitrogens with one attached hydrogen (secondary N) is 1. The predicted molar refractivity (Wildman–Crippen MR) is 80.6 cm³/mol. The van der Waals surface area contributed by atoms with Gasteiger partial charge < -0.3 is 15.8 Å². The molecular weight excluding hydrogens is 236 g/mol. The second kappa shape index (κ2) is 5.65. The van der Waals surface area contributed by atoms with Crippen molar-refractivity contribution in [3.63, 3.8) is 0 Å². The number of methoxy groups -OCH3 is 1. The van der Waals surface area contributed by atoms with Crippen molar-refractivity contribution in [1.29, 1.82) is 0 Å². The quantitative estimate of drug-likeness (QED) is 0.823. The molecule has 0 atom stereocenters. The number of aryl methyl sites for hydroxylation is 2. The molecule has 0 spiro atoms. The fourth-order valence-corrected chi connectivity index (χ4v) is 1.93. The number of hydrogen-bond acceptors (Lipinski definition) is 3. The Morgan fingerprint density at radius 2 is 1.68 bits per heavy atom. The molecule has 0 aliphatic rings. The van der Waals surface area contributed by atoms with Crippen LogP contribution in [0.1, 0.15) is 16.7 Å². The third kappa shape index (κ3) is 3.19. The number of ether oxygens (including phenoxy) is 1. The Bertz CT molecular complexity index is 562. The number of anilines is 2. The topological polar surface area (TPSA) is 47.3 Å². The lowest BCUT2D eigenvalue weighted by molar-refractivity contribution is 0.416. The molecule has 2 rings (SSSR count). The molecule has 0 bridgehead atoms. The van der Waals surface area contributed by atoms with Gasteiger partial charge in [0.1, 0.15) is 5.75 Å². The van der Waals surface area contributed by atoms with E-state index in [-0.39, 0.29) is 0 Å². The van der Waals surface area contributed by atoms with Crippen LogP contribution in [0.2, 0.25) is 0 Å². The van der Waals surface area contributed by atoms with Crippen LogP contribution < -0.4 is 15.8 Å². The minimum Gasteiger partial charge on any atom is -0.495 e. The van der Waals surface area contributed by atoms with Crippen LogP contribution >= 0.6 is 0 Å². The Kier molecular flexibility index (Phi) is 3.95. The first kappa shape index (κ1) is 13.3. The van der Waals surface area contributed by atoms with Crippen molar-refractivity contribution in [3.05, 3.63) is 53.1 Å². The van der Waals surface area contributed by atoms with Gasteiger partial charge in [0.15, 0.2) is 0 Å². The molecule has 19 heavy (non-hydrogen) atoms. The molecule has 0 aliphatic heterocycles. The van der Waals surface area contributed by atoms with Gasteiger partial charge in [-0.3, -0.25) is 0 Å². The van der Waals surface area contributed by atoms with Gasteiger partial charge in [0.05, 0.1) is 12.8 Å². The summed E-state index contributed by atoms with van der Waals surface area (Å²) < 4.78 is 5.41. The van der Waals surface area contributed by atoms with Gasteiger partial charge in [-0.15, -0.1) is 0 Å². The van der Waals surface area contributed by atoms with E-state index in [1.54, 1.807) is 7.11 Å². The molecule has 3 N–H and O–H groups in total. The highest BCUT2D eigenvalue weighted by atomic mass is 16.5. The number of rotatable bonds is 4. The van der Waals surface area contributed by atoms with E-state index in [2.05, 4.69) is 31.3 Å². The molecule has 3 nitrogen and oxygen atoms in total. The Morgan fingerprint density at radius 1 is 1.05 bits per heavy atom. The monoisotopic (exact) mass is 256 g/mol. The third-order valence-electron chi connectivity index (χ3n) is 3.28. The largest absolute Gasteiger partial charge is 0.495 e. The maximum absolute atomic E-state index is 5.68. The van der Waals surface area contributed by atoms with Crippen LogP contribution in [-0.4, -0.2) is 7.11 Å². The zero-order valence-corrected chi connectivity index (χ0v) is 11.7. The molecule has 0 heterocycles. The van der Waals surface area contributed by atoms with Gasteiger partial charge >= 0.3 is 0 Å². The van der Waals surface area contributed by atoms with Crippen molar-refractivity contribution in [2.45, 2.75) is 20.4 Å². The van der Waals surface area contributed by atoms with Gasteiger partial charge in [-0.2, -0.15) is 0 Å². The van der Waals surface area contributed by atoms with E-state index in [0.717, 1.165) is 23.7 Å². The summed E-state index contributed by atoms with van der Waals surface area (Å²) in [5.74, 6) is 0.874. The van der Waals surface area contributed by atoms with Crippen molar-refractivity contribution in [3.8, 4) is 5.75 Å². The SMILES string of the molecule is COc1cc(C)c(C)cc1NCc1ccc(N)cc1. The van der Waals surface area contributed by atoms with Crippen molar-refractivity contribution in [2.75, 3.05) is 18.2 Å². The molecule has 2 aromatic carbocycles. The van der Waals surface area contributed by atoms with Crippen LogP contribution in [0.4, 0.5) is 11.4 Å². The van der Waals surface area contributed by atoms with E-state index in [1.807, 2.05) is 24.3 Å². The highest BCUT2D eigenvalue weighted by Gasteiger charge is 2.05. The summed E-state index contributed by atoms with van der Waals surface area (Å²) in [7, 11) is 1.69. The fourth-order valence-electron chi connectivity index (χ4n) is 1.93. The van der Waals surface area contributed by atoms with Gasteiger partial charge in [0.2, 0.25) is 0 Å². The minimum atomic E-state index is 0.749. The normalized spacial score (nSPS) is 10.3. The minimum absolute atomic E-state index is 0.749. The highest BCUT2D eigenvalue weighted by molar-refractivity contribution is 5.60. The van der Waals surface area contributed by atoms with Gasteiger partial charge in [-0.05, 0) is 54.8 Å². The van der Waals surface area contributed by atoms with Crippen LogP contribution in [-0.2, 0) is 6.54 Å². The molecule has 0 saturated heterocycles. The molecule has 3 heteroatoms. The molecule has 0 radical (unpaired) electrons. The zero-order valence-electron chi connectivity index (χ0n) is 11.7. The first-order valence-corrected chi connectivity index (χ1v) is 6.33. The third-order valence-corrected chi connectivity index (χ3v) is 3.28. The summed E-state index contributed by atoms with van der Waals surface area (Å²) in [5, 5.41) is 3.40. The van der Waals surface area contributed by atoms with Crippen molar-refractivity contribution < 1.29 is 4.74 Å². The lowest BCUT2D eigenvalue weighted by Gasteiger charge is -2.14. The first-order valence-electron chi connectivity index (χ1n) is 6.33. The highest BCUT2D eigenvalue weighted by Crippen LogP contribution is 2.28.